The summed E-state index contributed by atoms with van der Waals surface area (Å²) in [5.41, 5.74) is 3.36. The van der Waals surface area contributed by atoms with Crippen molar-refractivity contribution in [3.05, 3.63) is 0 Å². The lowest BCUT2D eigenvalue weighted by molar-refractivity contribution is -0.153. The highest BCUT2D eigenvalue weighted by atomic mass is 16.5. The predicted octanol–water partition coefficient (Wildman–Crippen LogP) is 1.69. The number of ketones is 1. The van der Waals surface area contributed by atoms with Crippen molar-refractivity contribution < 1.29 is 33.5 Å². The van der Waals surface area contributed by atoms with Gasteiger partial charge in [-0.05, 0) is 62.2 Å². The van der Waals surface area contributed by atoms with Crippen molar-refractivity contribution in [2.24, 2.45) is 23.0 Å². The number of Topliss-reactive ketones (excluding diaryl/α,β-unsaturated/α-hetero) is 1. The predicted molar refractivity (Wildman–Crippen MR) is 153 cm³/mol. The van der Waals surface area contributed by atoms with Gasteiger partial charge >= 0.3 is 12.0 Å². The summed E-state index contributed by atoms with van der Waals surface area (Å²) in [7, 11) is 0. The summed E-state index contributed by atoms with van der Waals surface area (Å²) in [4.78, 5) is 79.2. The van der Waals surface area contributed by atoms with Crippen molar-refractivity contribution in [1.29, 1.82) is 0 Å². The minimum absolute atomic E-state index is 0.256. The van der Waals surface area contributed by atoms with Gasteiger partial charge in [0.15, 0.2) is 0 Å². The molecule has 12 heteroatoms. The van der Waals surface area contributed by atoms with Crippen molar-refractivity contribution in [2.45, 2.75) is 121 Å². The van der Waals surface area contributed by atoms with Crippen LogP contribution in [0.15, 0.2) is 0 Å². The molecule has 4 aliphatic rings. The zero-order valence-corrected chi connectivity index (χ0v) is 25.2. The fourth-order valence-electron chi connectivity index (χ4n) is 6.01. The Bertz CT molecular complexity index is 1070. The van der Waals surface area contributed by atoms with Crippen LogP contribution in [0.5, 0.6) is 0 Å². The maximum Gasteiger partial charge on any atom is 0.331 e. The highest BCUT2D eigenvalue weighted by molar-refractivity contribution is 6.37. The molecule has 0 bridgehead atoms. The number of nitrogens with zero attached hydrogens (tertiary/aromatic N) is 1. The highest BCUT2D eigenvalue weighted by Crippen LogP contribution is 2.35. The van der Waals surface area contributed by atoms with Crippen LogP contribution in [0, 0.1) is 17.3 Å². The summed E-state index contributed by atoms with van der Waals surface area (Å²) in [6, 6.07) is -3.50. The molecule has 3 aliphatic carbocycles. The zero-order chi connectivity index (χ0) is 30.7. The quantitative estimate of drug-likeness (QED) is 0.198. The number of amides is 5. The van der Waals surface area contributed by atoms with E-state index in [1.807, 2.05) is 20.8 Å². The number of nitrogens with one attached hydrogen (secondary N) is 3. The van der Waals surface area contributed by atoms with E-state index in [9.17, 15) is 28.8 Å². The van der Waals surface area contributed by atoms with E-state index in [0.717, 1.165) is 44.9 Å². The van der Waals surface area contributed by atoms with Gasteiger partial charge in [0.2, 0.25) is 17.6 Å². The fourth-order valence-corrected chi connectivity index (χ4v) is 6.01. The maximum atomic E-state index is 13.9. The molecule has 12 nitrogen and oxygen atoms in total. The third-order valence-corrected chi connectivity index (χ3v) is 8.97. The van der Waals surface area contributed by atoms with E-state index in [-0.39, 0.29) is 5.92 Å². The first kappa shape index (κ1) is 31.7. The Morgan fingerprint density at radius 2 is 1.55 bits per heavy atom. The number of ether oxygens (including phenoxy) is 1. The van der Waals surface area contributed by atoms with Gasteiger partial charge in [-0.1, -0.05) is 52.9 Å². The SMILES string of the molecule is CC(C)(C)C(NC(=O)NC1(C(=O)OCC2CC2)CCCCC1)C(=O)N1CCC[C@H]1C(=O)NC(CC1CC1)C(=O)C(N)=O. The molecule has 1 aliphatic heterocycles. The average molecular weight is 590 g/mol. The molecule has 1 saturated heterocycles. The monoisotopic (exact) mass is 589 g/mol. The zero-order valence-electron chi connectivity index (χ0n) is 25.2. The smallest absolute Gasteiger partial charge is 0.331 e. The summed E-state index contributed by atoms with van der Waals surface area (Å²) in [6.45, 7) is 6.12. The van der Waals surface area contributed by atoms with Crippen molar-refractivity contribution in [2.75, 3.05) is 13.2 Å². The molecule has 0 spiro atoms. The molecule has 2 unspecified atom stereocenters. The van der Waals surface area contributed by atoms with Gasteiger partial charge in [-0.3, -0.25) is 19.2 Å². The number of carbonyl (C=O) groups excluding carboxylic acids is 6. The number of hydrogen-bond acceptors (Lipinski definition) is 7. The molecule has 3 atom stereocenters. The second-order valence-electron chi connectivity index (χ2n) is 13.7. The Balaban J connectivity index is 1.43. The highest BCUT2D eigenvalue weighted by Gasteiger charge is 2.46. The van der Waals surface area contributed by atoms with E-state index in [1.54, 1.807) is 0 Å². The number of esters is 1. The molecular weight excluding hydrogens is 542 g/mol. The Kier molecular flexibility index (Phi) is 9.82. The Labute approximate surface area is 247 Å². The van der Waals surface area contributed by atoms with Crippen LogP contribution in [0.1, 0.15) is 97.8 Å². The molecule has 42 heavy (non-hydrogen) atoms. The lowest BCUT2D eigenvalue weighted by Gasteiger charge is -2.38. The second-order valence-corrected chi connectivity index (χ2v) is 13.7. The van der Waals surface area contributed by atoms with Crippen molar-refractivity contribution in [3.8, 4) is 0 Å². The molecule has 0 aromatic heterocycles. The summed E-state index contributed by atoms with van der Waals surface area (Å²) >= 11 is 0. The topological polar surface area (TPSA) is 177 Å². The van der Waals surface area contributed by atoms with Gasteiger partial charge in [-0.15, -0.1) is 0 Å². The lowest BCUT2D eigenvalue weighted by Crippen LogP contribution is -2.64. The number of urea groups is 1. The second kappa shape index (κ2) is 13.0. The van der Waals surface area contributed by atoms with Crippen LogP contribution in [-0.4, -0.2) is 77.2 Å². The third-order valence-electron chi connectivity index (χ3n) is 8.97. The van der Waals surface area contributed by atoms with Gasteiger partial charge in [-0.2, -0.15) is 0 Å². The first-order chi connectivity index (χ1) is 19.8. The van der Waals surface area contributed by atoms with E-state index < -0.39 is 64.6 Å². The molecule has 0 radical (unpaired) electrons. The van der Waals surface area contributed by atoms with Crippen LogP contribution in [0.25, 0.3) is 0 Å². The van der Waals surface area contributed by atoms with Crippen LogP contribution in [0.3, 0.4) is 0 Å². The van der Waals surface area contributed by atoms with Crippen LogP contribution >= 0.6 is 0 Å². The first-order valence-corrected chi connectivity index (χ1v) is 15.5. The average Bonchev–Trinajstić information content (AvgIpc) is 3.87. The van der Waals surface area contributed by atoms with Crippen molar-refractivity contribution >= 4 is 35.5 Å². The van der Waals surface area contributed by atoms with Crippen LogP contribution in [-0.2, 0) is 28.7 Å². The van der Waals surface area contributed by atoms with Gasteiger partial charge in [0, 0.05) is 6.54 Å². The van der Waals surface area contributed by atoms with E-state index in [2.05, 4.69) is 16.0 Å². The van der Waals surface area contributed by atoms with E-state index in [0.29, 0.717) is 51.2 Å². The van der Waals surface area contributed by atoms with Crippen LogP contribution in [0.2, 0.25) is 0 Å². The third kappa shape index (κ3) is 8.01. The molecule has 1 heterocycles. The van der Waals surface area contributed by atoms with Crippen LogP contribution < -0.4 is 21.7 Å². The van der Waals surface area contributed by atoms with Gasteiger partial charge < -0.3 is 31.3 Å². The number of hydrogen-bond donors (Lipinski definition) is 4. The lowest BCUT2D eigenvalue weighted by atomic mass is 9.81. The van der Waals surface area contributed by atoms with E-state index in [1.165, 1.54) is 4.90 Å². The molecule has 5 N–H and O–H groups in total. The summed E-state index contributed by atoms with van der Waals surface area (Å²) in [6.07, 6.45) is 8.70. The Morgan fingerprint density at radius 3 is 2.12 bits per heavy atom. The van der Waals surface area contributed by atoms with Gasteiger partial charge in [-0.25, -0.2) is 9.59 Å². The standard InChI is InChI=1S/C30H47N5O7/c1-29(2,3)23(33-28(41)34-30(13-5-4-6-14-30)27(40)42-17-19-11-12-19)26(39)35-15-7-8-21(35)25(38)32-20(16-18-9-10-18)22(36)24(31)37/h18-21,23H,4-17H2,1-3H3,(H2,31,37)(H,32,38)(H2,33,34,41)/t20?,21-,23?/m0/s1. The minimum Gasteiger partial charge on any atom is -0.464 e. The van der Waals surface area contributed by atoms with Gasteiger partial charge in [0.1, 0.15) is 17.6 Å². The summed E-state index contributed by atoms with van der Waals surface area (Å²) < 4.78 is 5.59. The first-order valence-electron chi connectivity index (χ1n) is 15.5. The number of likely N-dealkylation sites (tertiary alicyclic amines) is 1. The number of rotatable bonds is 12. The summed E-state index contributed by atoms with van der Waals surface area (Å²) in [5.74, 6) is -2.66. The Hall–Kier alpha value is -3.18. The van der Waals surface area contributed by atoms with Gasteiger partial charge in [0.25, 0.3) is 5.91 Å². The molecule has 5 amide bonds. The minimum atomic E-state index is -1.14. The van der Waals surface area contributed by atoms with Crippen molar-refractivity contribution in [3.63, 3.8) is 0 Å². The molecule has 4 rings (SSSR count). The van der Waals surface area contributed by atoms with Crippen molar-refractivity contribution in [1.82, 2.24) is 20.9 Å². The van der Waals surface area contributed by atoms with E-state index in [4.69, 9.17) is 10.5 Å². The van der Waals surface area contributed by atoms with E-state index >= 15 is 0 Å². The number of primary amides is 1. The maximum absolute atomic E-state index is 13.9. The van der Waals surface area contributed by atoms with Gasteiger partial charge in [0.05, 0.1) is 12.6 Å². The molecule has 3 saturated carbocycles. The van der Waals surface area contributed by atoms with Crippen LogP contribution in [0.4, 0.5) is 4.79 Å². The fraction of sp³-hybridized carbons (Fsp3) is 0.800. The molecule has 234 valence electrons. The molecule has 0 aromatic rings. The normalized spacial score (nSPS) is 23.3. The Morgan fingerprint density at radius 1 is 0.905 bits per heavy atom. The molecular formula is C30H47N5O7. The molecule has 0 aromatic carbocycles. The number of nitrogens with two attached hydrogens (primary N) is 1. The largest absolute Gasteiger partial charge is 0.464 e. The number of carbonyl (C=O) groups is 6. The summed E-state index contributed by atoms with van der Waals surface area (Å²) in [5, 5.41) is 8.36. The molecule has 4 fully saturated rings.